The summed E-state index contributed by atoms with van der Waals surface area (Å²) >= 11 is 0. The summed E-state index contributed by atoms with van der Waals surface area (Å²) in [7, 11) is 1.76. The van der Waals surface area contributed by atoms with Crippen LogP contribution in [0.15, 0.2) is 48.1 Å². The molecule has 82 valence electrons. The van der Waals surface area contributed by atoms with E-state index in [2.05, 4.69) is 6.58 Å². The molecule has 0 aromatic heterocycles. The highest BCUT2D eigenvalue weighted by molar-refractivity contribution is 5.47. The number of allylic oxidation sites excluding steroid dienone is 6. The summed E-state index contributed by atoms with van der Waals surface area (Å²) in [6.07, 6.45) is 10.5. The van der Waals surface area contributed by atoms with Gasteiger partial charge in [-0.2, -0.15) is 0 Å². The highest BCUT2D eigenvalue weighted by atomic mass is 16.1. The molecule has 0 aromatic carbocycles. The third kappa shape index (κ3) is 6.49. The van der Waals surface area contributed by atoms with Gasteiger partial charge in [0.05, 0.1) is 0 Å². The van der Waals surface area contributed by atoms with Crippen LogP contribution >= 0.6 is 0 Å². The summed E-state index contributed by atoms with van der Waals surface area (Å²) in [6.45, 7) is 8.28. The highest BCUT2D eigenvalue weighted by Gasteiger charge is 1.95. The van der Waals surface area contributed by atoms with Crippen molar-refractivity contribution in [1.29, 1.82) is 0 Å². The Kier molecular flexibility index (Phi) is 6.98. The summed E-state index contributed by atoms with van der Waals surface area (Å²) in [5.41, 5.74) is 2.22. The van der Waals surface area contributed by atoms with Gasteiger partial charge in [0.25, 0.3) is 0 Å². The molecule has 0 aliphatic rings. The second-order valence-corrected chi connectivity index (χ2v) is 3.41. The number of hydrogen-bond acceptors (Lipinski definition) is 1. The largest absolute Gasteiger partial charge is 0.344 e. The van der Waals surface area contributed by atoms with E-state index in [0.717, 1.165) is 17.6 Å². The topological polar surface area (TPSA) is 20.3 Å². The summed E-state index contributed by atoms with van der Waals surface area (Å²) in [6, 6.07) is 0. The van der Waals surface area contributed by atoms with Crippen molar-refractivity contribution in [2.45, 2.75) is 13.8 Å². The lowest BCUT2D eigenvalue weighted by molar-refractivity contribution is -0.116. The molecule has 0 saturated carbocycles. The van der Waals surface area contributed by atoms with Gasteiger partial charge in [0.15, 0.2) is 0 Å². The maximum atomic E-state index is 10.4. The van der Waals surface area contributed by atoms with Crippen LogP contribution in [0.2, 0.25) is 0 Å². The predicted octanol–water partition coefficient (Wildman–Crippen LogP) is 2.71. The average molecular weight is 205 g/mol. The first-order valence-electron chi connectivity index (χ1n) is 4.92. The van der Waals surface area contributed by atoms with E-state index in [9.17, 15) is 4.79 Å². The molecule has 0 heterocycles. The van der Waals surface area contributed by atoms with E-state index >= 15 is 0 Å². The van der Waals surface area contributed by atoms with Crippen molar-refractivity contribution in [2.75, 3.05) is 13.6 Å². The minimum absolute atomic E-state index is 0.648. The first kappa shape index (κ1) is 13.4. The molecule has 0 atom stereocenters. The lowest BCUT2D eigenvalue weighted by atomic mass is 10.1. The highest BCUT2D eigenvalue weighted by Crippen LogP contribution is 2.05. The minimum Gasteiger partial charge on any atom is -0.344 e. The minimum atomic E-state index is 0.648. The first-order chi connectivity index (χ1) is 7.13. The molecule has 15 heavy (non-hydrogen) atoms. The van der Waals surface area contributed by atoms with Crippen LogP contribution in [0.1, 0.15) is 13.8 Å². The molecule has 0 radical (unpaired) electrons. The zero-order valence-electron chi connectivity index (χ0n) is 9.73. The van der Waals surface area contributed by atoms with Crippen LogP contribution in [-0.4, -0.2) is 24.9 Å². The number of carbonyl (C=O) groups excluding carboxylic acids is 1. The molecule has 0 aromatic rings. The van der Waals surface area contributed by atoms with Crippen LogP contribution in [0.25, 0.3) is 0 Å². The SMILES string of the molecule is C=C/C=C(\C=C/C)/C=C(\C)CN(C)C=O. The zero-order valence-corrected chi connectivity index (χ0v) is 9.73. The summed E-state index contributed by atoms with van der Waals surface area (Å²) in [5, 5.41) is 0. The number of nitrogens with zero attached hydrogens (tertiary/aromatic N) is 1. The van der Waals surface area contributed by atoms with E-state index in [1.54, 1.807) is 18.0 Å². The Labute approximate surface area is 92.3 Å². The molecular weight excluding hydrogens is 186 g/mol. The molecule has 0 saturated heterocycles. The third-order valence-electron chi connectivity index (χ3n) is 1.76. The Morgan fingerprint density at radius 3 is 2.60 bits per heavy atom. The number of hydrogen-bond donors (Lipinski definition) is 0. The second-order valence-electron chi connectivity index (χ2n) is 3.41. The Morgan fingerprint density at radius 2 is 2.13 bits per heavy atom. The number of carbonyl (C=O) groups is 1. The van der Waals surface area contributed by atoms with E-state index in [1.807, 2.05) is 38.2 Å². The fraction of sp³-hybridized carbons (Fsp3) is 0.308. The van der Waals surface area contributed by atoms with Gasteiger partial charge in [0, 0.05) is 13.6 Å². The van der Waals surface area contributed by atoms with Gasteiger partial charge in [-0.25, -0.2) is 0 Å². The summed E-state index contributed by atoms with van der Waals surface area (Å²) in [5.74, 6) is 0. The van der Waals surface area contributed by atoms with Gasteiger partial charge in [-0.05, 0) is 19.4 Å². The standard InChI is InChI=1S/C13H19NO/c1-5-7-13(8-6-2)9-12(3)10-14(4)11-15/h5-9,11H,1,10H2,2-4H3/b8-6-,12-9+,13-7+. The van der Waals surface area contributed by atoms with Crippen molar-refractivity contribution in [3.63, 3.8) is 0 Å². The quantitative estimate of drug-likeness (QED) is 0.482. The van der Waals surface area contributed by atoms with Gasteiger partial charge in [-0.3, -0.25) is 4.79 Å². The molecule has 0 N–H and O–H groups in total. The molecular formula is C13H19NO. The predicted molar refractivity (Wildman–Crippen MR) is 65.5 cm³/mol. The molecule has 2 heteroatoms. The van der Waals surface area contributed by atoms with Crippen molar-refractivity contribution in [2.24, 2.45) is 0 Å². The molecule has 0 spiro atoms. The Bertz CT molecular complexity index is 298. The van der Waals surface area contributed by atoms with Crippen LogP contribution in [0.3, 0.4) is 0 Å². The van der Waals surface area contributed by atoms with Gasteiger partial charge in [0.2, 0.25) is 6.41 Å². The Balaban J connectivity index is 4.60. The van der Waals surface area contributed by atoms with Crippen molar-refractivity contribution in [3.8, 4) is 0 Å². The van der Waals surface area contributed by atoms with Crippen LogP contribution in [-0.2, 0) is 4.79 Å². The van der Waals surface area contributed by atoms with Crippen molar-refractivity contribution in [3.05, 3.63) is 48.1 Å². The lowest BCUT2D eigenvalue weighted by Gasteiger charge is -2.10. The normalized spacial score (nSPS) is 13.0. The maximum absolute atomic E-state index is 10.4. The van der Waals surface area contributed by atoms with Crippen molar-refractivity contribution >= 4 is 6.41 Å². The summed E-state index contributed by atoms with van der Waals surface area (Å²) in [4.78, 5) is 12.0. The fourth-order valence-electron chi connectivity index (χ4n) is 1.24. The Hall–Kier alpha value is -1.57. The zero-order chi connectivity index (χ0) is 11.7. The fourth-order valence-corrected chi connectivity index (χ4v) is 1.24. The smallest absolute Gasteiger partial charge is 0.209 e. The second kappa shape index (κ2) is 7.80. The third-order valence-corrected chi connectivity index (χ3v) is 1.76. The molecule has 0 aliphatic carbocycles. The van der Waals surface area contributed by atoms with Crippen LogP contribution in [0.4, 0.5) is 0 Å². The molecule has 0 rings (SSSR count). The summed E-state index contributed by atoms with van der Waals surface area (Å²) < 4.78 is 0. The van der Waals surface area contributed by atoms with Crippen LogP contribution in [0.5, 0.6) is 0 Å². The van der Waals surface area contributed by atoms with E-state index < -0.39 is 0 Å². The lowest BCUT2D eigenvalue weighted by Crippen LogP contribution is -2.17. The van der Waals surface area contributed by atoms with E-state index in [4.69, 9.17) is 0 Å². The first-order valence-corrected chi connectivity index (χ1v) is 4.92. The van der Waals surface area contributed by atoms with E-state index in [1.165, 1.54) is 0 Å². The molecule has 0 bridgehead atoms. The van der Waals surface area contributed by atoms with Gasteiger partial charge in [-0.15, -0.1) is 0 Å². The molecule has 2 nitrogen and oxygen atoms in total. The molecule has 1 amide bonds. The van der Waals surface area contributed by atoms with E-state index in [0.29, 0.717) is 6.54 Å². The number of likely N-dealkylation sites (N-methyl/N-ethyl adjacent to an activating group) is 1. The molecule has 0 fully saturated rings. The average Bonchev–Trinajstić information content (AvgIpc) is 2.18. The molecule has 0 unspecified atom stereocenters. The Morgan fingerprint density at radius 1 is 1.47 bits per heavy atom. The van der Waals surface area contributed by atoms with Crippen molar-refractivity contribution < 1.29 is 4.79 Å². The number of amides is 1. The van der Waals surface area contributed by atoms with Crippen LogP contribution in [0, 0.1) is 0 Å². The monoisotopic (exact) mass is 205 g/mol. The van der Waals surface area contributed by atoms with Gasteiger partial charge in [-0.1, -0.05) is 42.5 Å². The van der Waals surface area contributed by atoms with Gasteiger partial charge in [0.1, 0.15) is 0 Å². The van der Waals surface area contributed by atoms with Crippen LogP contribution < -0.4 is 0 Å². The molecule has 0 aliphatic heterocycles. The van der Waals surface area contributed by atoms with Crippen molar-refractivity contribution in [1.82, 2.24) is 4.90 Å². The van der Waals surface area contributed by atoms with E-state index in [-0.39, 0.29) is 0 Å². The van der Waals surface area contributed by atoms with Gasteiger partial charge < -0.3 is 4.90 Å². The number of rotatable bonds is 6. The van der Waals surface area contributed by atoms with Gasteiger partial charge >= 0.3 is 0 Å². The maximum Gasteiger partial charge on any atom is 0.209 e.